The molecule has 4 rings (SSSR count). The van der Waals surface area contributed by atoms with Crippen LogP contribution in [0.3, 0.4) is 0 Å². The minimum atomic E-state index is -4.94. The van der Waals surface area contributed by atoms with Crippen LogP contribution in [0.4, 0.5) is 0 Å². The van der Waals surface area contributed by atoms with Gasteiger partial charge in [-0.2, -0.15) is 0 Å². The van der Waals surface area contributed by atoms with Crippen LogP contribution in [-0.4, -0.2) is 5.10 Å². The summed E-state index contributed by atoms with van der Waals surface area (Å²) in [6.45, 7) is 0. The standard InChI is InChI=1S/C20H15N2.ClHO4/c1-3-9-16(10-4-1)19-15-18-13-7-8-14-22(18)21-20(19)17-11-5-2-6-12-17;2-1(3,4)5/h1-15H;(H,2,3,4,5)/q+1;/p-1. The summed E-state index contributed by atoms with van der Waals surface area (Å²) in [5, 5.41) is 4.84. The summed E-state index contributed by atoms with van der Waals surface area (Å²) in [4.78, 5) is 0. The van der Waals surface area contributed by atoms with Crippen molar-refractivity contribution in [1.82, 2.24) is 5.10 Å². The van der Waals surface area contributed by atoms with E-state index in [0.29, 0.717) is 0 Å². The molecule has 4 aromatic rings. The van der Waals surface area contributed by atoms with E-state index in [1.54, 1.807) is 0 Å². The first-order valence-corrected chi connectivity index (χ1v) is 9.19. The van der Waals surface area contributed by atoms with E-state index in [-0.39, 0.29) is 0 Å². The number of pyridine rings is 1. The van der Waals surface area contributed by atoms with Gasteiger partial charge in [-0.05, 0) is 11.6 Å². The topological polar surface area (TPSA) is 109 Å². The Morgan fingerprint density at radius 2 is 1.19 bits per heavy atom. The molecule has 2 aromatic carbocycles. The molecule has 2 aromatic heterocycles. The molecule has 0 N–H and O–H groups in total. The number of halogens is 1. The molecule has 0 fully saturated rings. The lowest BCUT2D eigenvalue weighted by molar-refractivity contribution is -2.00. The Morgan fingerprint density at radius 1 is 0.667 bits per heavy atom. The minimum Gasteiger partial charge on any atom is -0.222 e. The third kappa shape index (κ3) is 5.30. The van der Waals surface area contributed by atoms with Gasteiger partial charge in [-0.3, -0.25) is 0 Å². The van der Waals surface area contributed by atoms with Crippen LogP contribution in [0.25, 0.3) is 27.9 Å². The van der Waals surface area contributed by atoms with Crippen LogP contribution in [0.2, 0.25) is 0 Å². The first kappa shape index (κ1) is 18.9. The Bertz CT molecular complexity index is 938. The molecule has 0 aliphatic rings. The molecular weight excluding hydrogens is 368 g/mol. The quantitative estimate of drug-likeness (QED) is 0.430. The third-order valence-corrected chi connectivity index (χ3v) is 3.76. The molecular formula is C20H15ClN2O4. The van der Waals surface area contributed by atoms with E-state index >= 15 is 0 Å². The Hall–Kier alpha value is -2.87. The highest BCUT2D eigenvalue weighted by Crippen LogP contribution is 2.29. The van der Waals surface area contributed by atoms with Crippen LogP contribution >= 0.6 is 0 Å². The van der Waals surface area contributed by atoms with Crippen molar-refractivity contribution in [1.29, 1.82) is 0 Å². The van der Waals surface area contributed by atoms with E-state index < -0.39 is 10.2 Å². The molecule has 0 saturated heterocycles. The lowest BCUT2D eigenvalue weighted by Crippen LogP contribution is -2.68. The van der Waals surface area contributed by atoms with Crippen LogP contribution in [0.5, 0.6) is 0 Å². The second-order valence-corrected chi connectivity index (χ2v) is 6.34. The van der Waals surface area contributed by atoms with Gasteiger partial charge in [0.15, 0.2) is 0 Å². The van der Waals surface area contributed by atoms with Crippen LogP contribution in [0.15, 0.2) is 91.1 Å². The molecule has 0 saturated carbocycles. The third-order valence-electron chi connectivity index (χ3n) is 3.76. The van der Waals surface area contributed by atoms with Gasteiger partial charge in [0.1, 0.15) is 5.69 Å². The molecule has 0 spiro atoms. The highest BCUT2D eigenvalue weighted by atomic mass is 35.7. The predicted octanol–water partition coefficient (Wildman–Crippen LogP) is -0.602. The average molecular weight is 383 g/mol. The van der Waals surface area contributed by atoms with Gasteiger partial charge < -0.3 is 0 Å². The molecule has 2 heterocycles. The molecule has 136 valence electrons. The molecule has 27 heavy (non-hydrogen) atoms. The van der Waals surface area contributed by atoms with E-state index in [0.717, 1.165) is 22.3 Å². The summed E-state index contributed by atoms with van der Waals surface area (Å²) in [6.07, 6.45) is 1.98. The van der Waals surface area contributed by atoms with Crippen molar-refractivity contribution >= 4 is 5.52 Å². The van der Waals surface area contributed by atoms with Gasteiger partial charge in [0.2, 0.25) is 11.7 Å². The lowest BCUT2D eigenvalue weighted by atomic mass is 9.99. The fourth-order valence-corrected chi connectivity index (χ4v) is 2.68. The van der Waals surface area contributed by atoms with Gasteiger partial charge >= 0.3 is 0 Å². The minimum absolute atomic E-state index is 0.996. The summed E-state index contributed by atoms with van der Waals surface area (Å²) in [5.41, 5.74) is 5.54. The molecule has 0 atom stereocenters. The summed E-state index contributed by atoms with van der Waals surface area (Å²) in [7, 11) is -4.94. The first-order valence-electron chi connectivity index (χ1n) is 7.96. The Kier molecular flexibility index (Phi) is 5.75. The first-order chi connectivity index (χ1) is 12.9. The van der Waals surface area contributed by atoms with Crippen LogP contribution < -0.4 is 23.2 Å². The van der Waals surface area contributed by atoms with Crippen molar-refractivity contribution in [3.8, 4) is 22.4 Å². The number of hydrogen-bond acceptors (Lipinski definition) is 5. The van der Waals surface area contributed by atoms with Crippen LogP contribution in [0, 0.1) is 10.2 Å². The molecule has 6 nitrogen and oxygen atoms in total. The van der Waals surface area contributed by atoms with Gasteiger partial charge in [0, 0.05) is 34.4 Å². The summed E-state index contributed by atoms with van der Waals surface area (Å²) < 4.78 is 35.9. The molecule has 0 radical (unpaired) electrons. The zero-order chi connectivity index (χ0) is 19.3. The smallest absolute Gasteiger partial charge is 0.222 e. The Morgan fingerprint density at radius 3 is 1.78 bits per heavy atom. The highest BCUT2D eigenvalue weighted by Gasteiger charge is 2.15. The van der Waals surface area contributed by atoms with Crippen molar-refractivity contribution in [2.75, 3.05) is 0 Å². The maximum absolute atomic E-state index is 8.49. The zero-order valence-corrected chi connectivity index (χ0v) is 14.8. The fraction of sp³-hybridized carbons (Fsp3) is 0. The fourth-order valence-electron chi connectivity index (χ4n) is 2.68. The Balaban J connectivity index is 0.000000376. The van der Waals surface area contributed by atoms with Crippen molar-refractivity contribution in [2.45, 2.75) is 0 Å². The van der Waals surface area contributed by atoms with E-state index in [4.69, 9.17) is 23.7 Å². The summed E-state index contributed by atoms with van der Waals surface area (Å²) in [6, 6.07) is 29.1. The highest BCUT2D eigenvalue weighted by molar-refractivity contribution is 5.81. The second-order valence-electron chi connectivity index (χ2n) is 5.59. The molecule has 7 heteroatoms. The summed E-state index contributed by atoms with van der Waals surface area (Å²) >= 11 is 0. The van der Waals surface area contributed by atoms with Gasteiger partial charge in [0.25, 0.3) is 0 Å². The monoisotopic (exact) mass is 382 g/mol. The lowest BCUT2D eigenvalue weighted by Gasteiger charge is -2.17. The SMILES string of the molecule is [O-][Cl+3]([O-])([O-])[O-].c1ccc(-c2cc3cccc[n+]3nc2-c2ccccc2)cc1. The average Bonchev–Trinajstić information content (AvgIpc) is 2.67. The van der Waals surface area contributed by atoms with E-state index in [1.165, 1.54) is 5.56 Å². The molecule has 0 aliphatic heterocycles. The maximum Gasteiger partial charge on any atom is 0.238 e. The van der Waals surface area contributed by atoms with Crippen LogP contribution in [0.1, 0.15) is 0 Å². The van der Waals surface area contributed by atoms with Crippen LogP contribution in [-0.2, 0) is 0 Å². The predicted molar refractivity (Wildman–Crippen MR) is 88.3 cm³/mol. The normalized spacial score (nSPS) is 11.0. The number of benzene rings is 2. The second kappa shape index (κ2) is 8.22. The van der Waals surface area contributed by atoms with Gasteiger partial charge in [-0.25, -0.2) is 18.6 Å². The summed E-state index contributed by atoms with van der Waals surface area (Å²) in [5.74, 6) is 0. The number of aromatic nitrogens is 2. The van der Waals surface area contributed by atoms with E-state index in [1.807, 2.05) is 47.1 Å². The van der Waals surface area contributed by atoms with Gasteiger partial charge in [-0.15, -0.1) is 10.2 Å². The number of fused-ring (bicyclic) bond motifs is 1. The number of hydrogen-bond donors (Lipinski definition) is 0. The zero-order valence-electron chi connectivity index (χ0n) is 14.1. The van der Waals surface area contributed by atoms with Gasteiger partial charge in [0.05, 0.1) is 0 Å². The van der Waals surface area contributed by atoms with Gasteiger partial charge in [-0.1, -0.05) is 65.2 Å². The van der Waals surface area contributed by atoms with Crippen molar-refractivity contribution in [2.24, 2.45) is 0 Å². The molecule has 0 amide bonds. The molecule has 0 bridgehead atoms. The number of rotatable bonds is 2. The molecule has 0 aliphatic carbocycles. The maximum atomic E-state index is 8.49. The van der Waals surface area contributed by atoms with Crippen molar-refractivity contribution in [3.63, 3.8) is 0 Å². The molecule has 0 unspecified atom stereocenters. The van der Waals surface area contributed by atoms with E-state index in [9.17, 15) is 0 Å². The van der Waals surface area contributed by atoms with Crippen molar-refractivity contribution < 1.29 is 33.4 Å². The van der Waals surface area contributed by atoms with E-state index in [2.05, 4.69) is 48.5 Å². The largest absolute Gasteiger partial charge is 0.238 e. The number of nitrogens with zero attached hydrogens (tertiary/aromatic N) is 2. The van der Waals surface area contributed by atoms with Crippen molar-refractivity contribution in [3.05, 3.63) is 91.1 Å². The Labute approximate surface area is 158 Å².